The number of hydrogen-bond acceptors (Lipinski definition) is 1. The van der Waals surface area contributed by atoms with E-state index in [1.807, 2.05) is 45.9 Å². The van der Waals surface area contributed by atoms with Crippen LogP contribution in [0, 0.1) is 19.7 Å². The van der Waals surface area contributed by atoms with Crippen LogP contribution in [0.5, 0.6) is 0 Å². The second kappa shape index (κ2) is 7.59. The number of benzene rings is 2. The quantitative estimate of drug-likeness (QED) is 0.727. The lowest BCUT2D eigenvalue weighted by molar-refractivity contribution is 0.0992. The van der Waals surface area contributed by atoms with Gasteiger partial charge in [0.25, 0.3) is 0 Å². The van der Waals surface area contributed by atoms with Gasteiger partial charge in [-0.2, -0.15) is 0 Å². The Kier molecular flexibility index (Phi) is 6.10. The van der Waals surface area contributed by atoms with Gasteiger partial charge >= 0.3 is 0 Å². The zero-order chi connectivity index (χ0) is 15.1. The Balaban J connectivity index is 0.000000956. The summed E-state index contributed by atoms with van der Waals surface area (Å²) in [6.07, 6.45) is 0.244. The minimum Gasteiger partial charge on any atom is -0.294 e. The minimum atomic E-state index is -0.283. The minimum absolute atomic E-state index is 0.0173. The molecule has 106 valence electrons. The van der Waals surface area contributed by atoms with E-state index in [0.29, 0.717) is 5.56 Å². The summed E-state index contributed by atoms with van der Waals surface area (Å²) in [4.78, 5) is 12.1. The number of hydrogen-bond donors (Lipinski definition) is 0. The predicted octanol–water partition coefficient (Wildman–Crippen LogP) is 4.89. The van der Waals surface area contributed by atoms with Crippen LogP contribution < -0.4 is 0 Å². The fourth-order valence-corrected chi connectivity index (χ4v) is 1.97. The summed E-state index contributed by atoms with van der Waals surface area (Å²) in [5.74, 6) is -0.266. The van der Waals surface area contributed by atoms with E-state index in [9.17, 15) is 9.18 Å². The third-order valence-corrected chi connectivity index (χ3v) is 3.19. The molecule has 0 spiro atoms. The molecule has 2 rings (SSSR count). The first kappa shape index (κ1) is 16.1. The summed E-state index contributed by atoms with van der Waals surface area (Å²) in [6.45, 7) is 7.78. The summed E-state index contributed by atoms with van der Waals surface area (Å²) in [7, 11) is 0. The highest BCUT2D eigenvalue weighted by molar-refractivity contribution is 5.97. The second-order valence-corrected chi connectivity index (χ2v) is 4.47. The molecular formula is C18H21FO. The zero-order valence-electron chi connectivity index (χ0n) is 12.5. The van der Waals surface area contributed by atoms with Crippen molar-refractivity contribution in [3.63, 3.8) is 0 Å². The molecule has 0 unspecified atom stereocenters. The lowest BCUT2D eigenvalue weighted by Gasteiger charge is -2.08. The van der Waals surface area contributed by atoms with Crippen molar-refractivity contribution >= 4 is 5.78 Å². The Hall–Kier alpha value is -1.96. The predicted molar refractivity (Wildman–Crippen MR) is 81.7 cm³/mol. The average Bonchev–Trinajstić information content (AvgIpc) is 2.47. The number of rotatable bonds is 3. The maximum absolute atomic E-state index is 13.3. The van der Waals surface area contributed by atoms with Crippen LogP contribution in [0.3, 0.4) is 0 Å². The van der Waals surface area contributed by atoms with Gasteiger partial charge in [0.1, 0.15) is 5.82 Å². The van der Waals surface area contributed by atoms with Gasteiger partial charge in [-0.1, -0.05) is 44.2 Å². The Bertz CT molecular complexity index is 573. The van der Waals surface area contributed by atoms with Gasteiger partial charge < -0.3 is 0 Å². The van der Waals surface area contributed by atoms with Crippen LogP contribution in [0.4, 0.5) is 4.39 Å². The number of carbonyl (C=O) groups is 1. The third kappa shape index (κ3) is 4.02. The topological polar surface area (TPSA) is 17.1 Å². The van der Waals surface area contributed by atoms with Gasteiger partial charge in [0.2, 0.25) is 0 Å². The monoisotopic (exact) mass is 272 g/mol. The smallest absolute Gasteiger partial charge is 0.167 e. The van der Waals surface area contributed by atoms with Crippen LogP contribution in [-0.2, 0) is 6.42 Å². The van der Waals surface area contributed by atoms with Gasteiger partial charge in [0, 0.05) is 12.0 Å². The molecule has 0 aliphatic rings. The number of aryl methyl sites for hydroxylation is 1. The van der Waals surface area contributed by atoms with E-state index in [-0.39, 0.29) is 18.0 Å². The van der Waals surface area contributed by atoms with Gasteiger partial charge in [-0.3, -0.25) is 4.79 Å². The van der Waals surface area contributed by atoms with Crippen molar-refractivity contribution in [2.45, 2.75) is 34.1 Å². The Morgan fingerprint density at radius 1 is 1.05 bits per heavy atom. The number of ketones is 1. The van der Waals surface area contributed by atoms with Gasteiger partial charge in [-0.05, 0) is 42.7 Å². The Morgan fingerprint density at radius 2 is 1.65 bits per heavy atom. The lowest BCUT2D eigenvalue weighted by atomic mass is 9.96. The van der Waals surface area contributed by atoms with E-state index < -0.39 is 0 Å². The fraction of sp³-hybridized carbons (Fsp3) is 0.278. The van der Waals surface area contributed by atoms with E-state index in [1.54, 1.807) is 12.1 Å². The van der Waals surface area contributed by atoms with Crippen molar-refractivity contribution in [3.8, 4) is 0 Å². The number of halogens is 1. The Labute approximate surface area is 120 Å². The SMILES string of the molecule is CC.Cc1cc(F)cc(CC(=O)c2ccccc2)c1C. The molecule has 0 N–H and O–H groups in total. The van der Waals surface area contributed by atoms with Gasteiger partial charge in [-0.15, -0.1) is 0 Å². The van der Waals surface area contributed by atoms with E-state index >= 15 is 0 Å². The molecule has 2 aromatic rings. The van der Waals surface area contributed by atoms with Crippen molar-refractivity contribution in [3.05, 3.63) is 70.5 Å². The van der Waals surface area contributed by atoms with Crippen molar-refractivity contribution in [2.24, 2.45) is 0 Å². The highest BCUT2D eigenvalue weighted by Gasteiger charge is 2.10. The normalized spacial score (nSPS) is 9.65. The molecule has 0 saturated heterocycles. The molecule has 2 heteroatoms. The summed E-state index contributed by atoms with van der Waals surface area (Å²) in [6, 6.07) is 12.0. The molecule has 0 aliphatic carbocycles. The average molecular weight is 272 g/mol. The highest BCUT2D eigenvalue weighted by atomic mass is 19.1. The first-order valence-corrected chi connectivity index (χ1v) is 6.92. The van der Waals surface area contributed by atoms with E-state index in [2.05, 4.69) is 0 Å². The second-order valence-electron chi connectivity index (χ2n) is 4.47. The molecular weight excluding hydrogens is 251 g/mol. The maximum atomic E-state index is 13.3. The first-order valence-electron chi connectivity index (χ1n) is 6.92. The summed E-state index contributed by atoms with van der Waals surface area (Å²) >= 11 is 0. The molecule has 0 saturated carbocycles. The van der Waals surface area contributed by atoms with Crippen LogP contribution >= 0.6 is 0 Å². The van der Waals surface area contributed by atoms with E-state index in [4.69, 9.17) is 0 Å². The van der Waals surface area contributed by atoms with Crippen molar-refractivity contribution < 1.29 is 9.18 Å². The molecule has 0 aromatic heterocycles. The third-order valence-electron chi connectivity index (χ3n) is 3.19. The Morgan fingerprint density at radius 3 is 2.25 bits per heavy atom. The molecule has 1 nitrogen and oxygen atoms in total. The first-order chi connectivity index (χ1) is 9.58. The largest absolute Gasteiger partial charge is 0.294 e. The number of Topliss-reactive ketones (excluding diaryl/α,β-unsaturated/α-hetero) is 1. The number of carbonyl (C=O) groups excluding carboxylic acids is 1. The van der Waals surface area contributed by atoms with Crippen LogP contribution in [0.15, 0.2) is 42.5 Å². The molecule has 20 heavy (non-hydrogen) atoms. The van der Waals surface area contributed by atoms with Gasteiger partial charge in [-0.25, -0.2) is 4.39 Å². The summed E-state index contributed by atoms with van der Waals surface area (Å²) < 4.78 is 13.3. The van der Waals surface area contributed by atoms with Crippen molar-refractivity contribution in [2.75, 3.05) is 0 Å². The molecule has 0 amide bonds. The highest BCUT2D eigenvalue weighted by Crippen LogP contribution is 2.17. The van der Waals surface area contributed by atoms with Gasteiger partial charge in [0.05, 0.1) is 0 Å². The van der Waals surface area contributed by atoms with Crippen LogP contribution in [0.2, 0.25) is 0 Å². The molecule has 0 heterocycles. The van der Waals surface area contributed by atoms with Crippen LogP contribution in [0.25, 0.3) is 0 Å². The van der Waals surface area contributed by atoms with Gasteiger partial charge in [0.15, 0.2) is 5.78 Å². The fourth-order valence-electron chi connectivity index (χ4n) is 1.97. The maximum Gasteiger partial charge on any atom is 0.167 e. The molecule has 0 fully saturated rings. The molecule has 0 radical (unpaired) electrons. The van der Waals surface area contributed by atoms with Crippen LogP contribution in [-0.4, -0.2) is 5.78 Å². The molecule has 0 atom stereocenters. The lowest BCUT2D eigenvalue weighted by Crippen LogP contribution is -2.06. The van der Waals surface area contributed by atoms with Crippen LogP contribution in [0.1, 0.15) is 40.9 Å². The molecule has 0 bridgehead atoms. The van der Waals surface area contributed by atoms with E-state index in [0.717, 1.165) is 16.7 Å². The standard InChI is InChI=1S/C16H15FO.C2H6/c1-11-8-15(17)9-14(12(11)2)10-16(18)13-6-4-3-5-7-13;1-2/h3-9H,10H2,1-2H3;1-2H3. The molecule has 0 aliphatic heterocycles. The summed E-state index contributed by atoms with van der Waals surface area (Å²) in [5, 5.41) is 0. The van der Waals surface area contributed by atoms with E-state index in [1.165, 1.54) is 12.1 Å². The van der Waals surface area contributed by atoms with Crippen molar-refractivity contribution in [1.29, 1.82) is 0 Å². The summed E-state index contributed by atoms with van der Waals surface area (Å²) in [5.41, 5.74) is 3.30. The molecule has 2 aromatic carbocycles. The van der Waals surface area contributed by atoms with Crippen molar-refractivity contribution in [1.82, 2.24) is 0 Å². The zero-order valence-corrected chi connectivity index (χ0v) is 12.5.